The van der Waals surface area contributed by atoms with Crippen LogP contribution in [0.3, 0.4) is 0 Å². The number of nitrogens with zero attached hydrogens (tertiary/aromatic N) is 1. The molecular formula is C27H43NO6. The van der Waals surface area contributed by atoms with E-state index in [0.717, 1.165) is 61.5 Å². The molecule has 192 valence electrons. The van der Waals surface area contributed by atoms with Crippen LogP contribution in [0.4, 0.5) is 0 Å². The van der Waals surface area contributed by atoms with Crippen LogP contribution in [0.25, 0.3) is 0 Å². The zero-order chi connectivity index (χ0) is 25.7. The molecule has 7 nitrogen and oxygen atoms in total. The molecule has 0 heterocycles. The first kappa shape index (κ1) is 29.5. The molecule has 2 rings (SSSR count). The number of carbonyl (C=O) groups excluding carboxylic acids is 1. The average molecular weight is 478 g/mol. The molecule has 1 N–H and O–H groups in total. The van der Waals surface area contributed by atoms with E-state index in [-0.39, 0.29) is 29.8 Å². The van der Waals surface area contributed by atoms with Gasteiger partial charge in [0.05, 0.1) is 12.7 Å². The molecule has 0 saturated heterocycles. The number of rotatable bonds is 13. The summed E-state index contributed by atoms with van der Waals surface area (Å²) in [6.45, 7) is 12.4. The van der Waals surface area contributed by atoms with Crippen LogP contribution in [0.2, 0.25) is 0 Å². The van der Waals surface area contributed by atoms with E-state index in [2.05, 4.69) is 24.8 Å². The number of allylic oxidation sites excluding steroid dienone is 2. The molecule has 0 spiro atoms. The summed E-state index contributed by atoms with van der Waals surface area (Å²) in [5, 5.41) is 20.5. The minimum absolute atomic E-state index is 0.0300. The highest BCUT2D eigenvalue weighted by Gasteiger charge is 2.28. The fourth-order valence-electron chi connectivity index (χ4n) is 4.35. The first-order valence-electron chi connectivity index (χ1n) is 12.6. The predicted octanol–water partition coefficient (Wildman–Crippen LogP) is 7.03. The number of hydrogen-bond donors (Lipinski definition) is 1. The van der Waals surface area contributed by atoms with Crippen molar-refractivity contribution in [2.45, 2.75) is 110 Å². The van der Waals surface area contributed by atoms with Gasteiger partial charge < -0.3 is 14.7 Å². The van der Waals surface area contributed by atoms with Gasteiger partial charge in [0, 0.05) is 5.56 Å². The van der Waals surface area contributed by atoms with Gasteiger partial charge >= 0.3 is 0 Å². The molecule has 0 amide bonds. The standard InChI is InChI=1S/C25H37NO6.C2H6/c1-18(2)32-23-16-21(25(3,4)12-7-5-6-8-13-31-26(29)30)15-22(28)24(23)20-11-9-10-19(14-20)17-27;1-2/h10,15-18,20,28H,5-9,11-14H2,1-4H3;1-2H3. The molecule has 1 aliphatic rings. The number of ether oxygens (including phenoxy) is 1. The van der Waals surface area contributed by atoms with Crippen LogP contribution in [-0.2, 0) is 15.0 Å². The number of aromatic hydroxyl groups is 1. The van der Waals surface area contributed by atoms with Crippen LogP contribution < -0.4 is 4.74 Å². The van der Waals surface area contributed by atoms with E-state index in [1.165, 1.54) is 0 Å². The van der Waals surface area contributed by atoms with Crippen molar-refractivity contribution in [1.29, 1.82) is 0 Å². The van der Waals surface area contributed by atoms with Gasteiger partial charge in [0.1, 0.15) is 17.8 Å². The smallest absolute Gasteiger partial charge is 0.294 e. The molecular weight excluding hydrogens is 434 g/mol. The van der Waals surface area contributed by atoms with Crippen molar-refractivity contribution >= 4 is 6.29 Å². The molecule has 1 unspecified atom stereocenters. The Balaban J connectivity index is 0.00000281. The molecule has 1 aromatic carbocycles. The highest BCUT2D eigenvalue weighted by Crippen LogP contribution is 2.45. The minimum atomic E-state index is -0.751. The summed E-state index contributed by atoms with van der Waals surface area (Å²) in [5.41, 5.74) is 2.44. The monoisotopic (exact) mass is 477 g/mol. The summed E-state index contributed by atoms with van der Waals surface area (Å²) in [6.07, 6.45) is 9.58. The third-order valence-electron chi connectivity index (χ3n) is 6.12. The highest BCUT2D eigenvalue weighted by atomic mass is 16.9. The van der Waals surface area contributed by atoms with Gasteiger partial charge in [0.2, 0.25) is 0 Å². The third-order valence-corrected chi connectivity index (χ3v) is 6.12. The minimum Gasteiger partial charge on any atom is -0.508 e. The van der Waals surface area contributed by atoms with E-state index in [1.54, 1.807) is 0 Å². The van der Waals surface area contributed by atoms with Crippen LogP contribution in [0.5, 0.6) is 11.5 Å². The van der Waals surface area contributed by atoms with Crippen molar-refractivity contribution in [3.8, 4) is 11.5 Å². The highest BCUT2D eigenvalue weighted by molar-refractivity contribution is 5.74. The fourth-order valence-corrected chi connectivity index (χ4v) is 4.35. The summed E-state index contributed by atoms with van der Waals surface area (Å²) in [7, 11) is 0. The Bertz CT molecular complexity index is 816. The molecule has 7 heteroatoms. The lowest BCUT2D eigenvalue weighted by molar-refractivity contribution is -0.757. The first-order chi connectivity index (χ1) is 16.1. The predicted molar refractivity (Wildman–Crippen MR) is 135 cm³/mol. The van der Waals surface area contributed by atoms with Gasteiger partial charge in [-0.2, -0.15) is 0 Å². The van der Waals surface area contributed by atoms with Gasteiger partial charge in [-0.15, -0.1) is 10.1 Å². The summed E-state index contributed by atoms with van der Waals surface area (Å²) in [5.74, 6) is 1.00. The van der Waals surface area contributed by atoms with E-state index < -0.39 is 5.09 Å². The maximum Gasteiger partial charge on any atom is 0.294 e. The third kappa shape index (κ3) is 9.35. The summed E-state index contributed by atoms with van der Waals surface area (Å²) in [6, 6.07) is 3.91. The lowest BCUT2D eigenvalue weighted by Gasteiger charge is -2.30. The van der Waals surface area contributed by atoms with Gasteiger partial charge in [0.15, 0.2) is 0 Å². The number of benzene rings is 1. The van der Waals surface area contributed by atoms with Gasteiger partial charge in [-0.25, -0.2) is 0 Å². The zero-order valence-corrected chi connectivity index (χ0v) is 21.8. The summed E-state index contributed by atoms with van der Waals surface area (Å²) >= 11 is 0. The van der Waals surface area contributed by atoms with E-state index >= 15 is 0 Å². The quantitative estimate of drug-likeness (QED) is 0.142. The van der Waals surface area contributed by atoms with Gasteiger partial charge in [0.25, 0.3) is 5.09 Å². The lowest BCUT2D eigenvalue weighted by Crippen LogP contribution is -2.19. The molecule has 0 aliphatic heterocycles. The van der Waals surface area contributed by atoms with E-state index in [1.807, 2.05) is 39.8 Å². The Kier molecular flexibility index (Phi) is 12.7. The van der Waals surface area contributed by atoms with Gasteiger partial charge in [-0.1, -0.05) is 53.0 Å². The fraction of sp³-hybridized carbons (Fsp3) is 0.667. The first-order valence-corrected chi connectivity index (χ1v) is 12.6. The number of phenols is 1. The largest absolute Gasteiger partial charge is 0.508 e. The number of phenolic OH excluding ortho intramolecular Hbond substituents is 1. The SMILES string of the molecule is CC.CC(C)Oc1cc(C(C)(C)CCCCCCO[N+](=O)[O-])cc(O)c1C1CCC=C(C=O)C1. The molecule has 0 bridgehead atoms. The summed E-state index contributed by atoms with van der Waals surface area (Å²) in [4.78, 5) is 25.8. The van der Waals surface area contributed by atoms with Crippen molar-refractivity contribution in [3.63, 3.8) is 0 Å². The van der Waals surface area contributed by atoms with Gasteiger partial charge in [-0.05, 0) is 80.6 Å². The maximum absolute atomic E-state index is 11.3. The molecule has 1 aliphatic carbocycles. The normalized spacial score (nSPS) is 15.7. The Morgan fingerprint density at radius 2 is 1.88 bits per heavy atom. The Morgan fingerprint density at radius 3 is 2.50 bits per heavy atom. The summed E-state index contributed by atoms with van der Waals surface area (Å²) < 4.78 is 6.14. The van der Waals surface area contributed by atoms with Crippen molar-refractivity contribution in [2.24, 2.45) is 0 Å². The second-order valence-electron chi connectivity index (χ2n) is 9.55. The number of carbonyl (C=O) groups is 1. The molecule has 1 atom stereocenters. The average Bonchev–Trinajstić information content (AvgIpc) is 2.79. The Hall–Kier alpha value is -2.57. The number of unbranched alkanes of at least 4 members (excludes halogenated alkanes) is 3. The number of aldehydes is 1. The number of hydrogen-bond acceptors (Lipinski definition) is 6. The molecule has 34 heavy (non-hydrogen) atoms. The Labute approximate surface area is 204 Å². The lowest BCUT2D eigenvalue weighted by atomic mass is 9.77. The van der Waals surface area contributed by atoms with Crippen molar-refractivity contribution in [1.82, 2.24) is 0 Å². The van der Waals surface area contributed by atoms with Gasteiger partial charge in [-0.3, -0.25) is 4.79 Å². The second-order valence-corrected chi connectivity index (χ2v) is 9.55. The second kappa shape index (κ2) is 14.6. The van der Waals surface area contributed by atoms with E-state index in [9.17, 15) is 20.0 Å². The van der Waals surface area contributed by atoms with Crippen molar-refractivity contribution < 1.29 is 24.6 Å². The van der Waals surface area contributed by atoms with Crippen LogP contribution in [-0.4, -0.2) is 29.2 Å². The molecule has 0 fully saturated rings. The maximum atomic E-state index is 11.3. The van der Waals surface area contributed by atoms with E-state index in [4.69, 9.17) is 4.74 Å². The molecule has 1 aromatic rings. The zero-order valence-electron chi connectivity index (χ0n) is 21.8. The molecule has 0 aromatic heterocycles. The van der Waals surface area contributed by atoms with Crippen molar-refractivity contribution in [3.05, 3.63) is 45.0 Å². The van der Waals surface area contributed by atoms with Crippen LogP contribution in [0.1, 0.15) is 110 Å². The topological polar surface area (TPSA) is 98.9 Å². The van der Waals surface area contributed by atoms with Crippen LogP contribution in [0, 0.1) is 10.1 Å². The molecule has 0 saturated carbocycles. The van der Waals surface area contributed by atoms with Crippen LogP contribution >= 0.6 is 0 Å². The van der Waals surface area contributed by atoms with Crippen LogP contribution in [0.15, 0.2) is 23.8 Å². The Morgan fingerprint density at radius 1 is 1.21 bits per heavy atom. The molecule has 0 radical (unpaired) electrons. The van der Waals surface area contributed by atoms with E-state index in [0.29, 0.717) is 18.6 Å². The van der Waals surface area contributed by atoms with Crippen molar-refractivity contribution in [2.75, 3.05) is 6.61 Å².